The van der Waals surface area contributed by atoms with Gasteiger partial charge in [0.05, 0.1) is 17.1 Å². The SMILES string of the molecule is CCCCOCCNc1ccc(S(N)(=O)=O)cc1C(=O)O. The van der Waals surface area contributed by atoms with Crippen LogP contribution >= 0.6 is 0 Å². The van der Waals surface area contributed by atoms with Gasteiger partial charge in [0.15, 0.2) is 0 Å². The van der Waals surface area contributed by atoms with E-state index in [1.165, 1.54) is 12.1 Å². The van der Waals surface area contributed by atoms with E-state index < -0.39 is 16.0 Å². The molecule has 0 fully saturated rings. The van der Waals surface area contributed by atoms with Gasteiger partial charge in [0, 0.05) is 18.8 Å². The number of benzene rings is 1. The molecule has 0 atom stereocenters. The van der Waals surface area contributed by atoms with Crippen molar-refractivity contribution in [2.24, 2.45) is 5.14 Å². The fraction of sp³-hybridized carbons (Fsp3) is 0.462. The molecule has 1 rings (SSSR count). The van der Waals surface area contributed by atoms with Crippen LogP contribution in [-0.4, -0.2) is 39.3 Å². The Balaban J connectivity index is 2.72. The summed E-state index contributed by atoms with van der Waals surface area (Å²) in [5.74, 6) is -1.23. The number of rotatable bonds is 9. The van der Waals surface area contributed by atoms with Gasteiger partial charge < -0.3 is 15.2 Å². The largest absolute Gasteiger partial charge is 0.478 e. The van der Waals surface area contributed by atoms with Gasteiger partial charge in [0.25, 0.3) is 0 Å². The highest BCUT2D eigenvalue weighted by Gasteiger charge is 2.15. The first-order chi connectivity index (χ1) is 9.86. The lowest BCUT2D eigenvalue weighted by Gasteiger charge is -2.11. The lowest BCUT2D eigenvalue weighted by atomic mass is 10.2. The molecule has 0 aliphatic heterocycles. The molecule has 7 nitrogen and oxygen atoms in total. The van der Waals surface area contributed by atoms with Crippen molar-refractivity contribution in [3.05, 3.63) is 23.8 Å². The summed E-state index contributed by atoms with van der Waals surface area (Å²) in [6, 6.07) is 3.69. The first kappa shape index (κ1) is 17.4. The van der Waals surface area contributed by atoms with Gasteiger partial charge in [-0.3, -0.25) is 0 Å². The number of ether oxygens (including phenoxy) is 1. The number of hydrogen-bond acceptors (Lipinski definition) is 5. The lowest BCUT2D eigenvalue weighted by Crippen LogP contribution is -2.16. The molecule has 0 radical (unpaired) electrons. The summed E-state index contributed by atoms with van der Waals surface area (Å²) in [5.41, 5.74) is 0.184. The third-order valence-electron chi connectivity index (χ3n) is 2.75. The molecule has 4 N–H and O–H groups in total. The first-order valence-electron chi connectivity index (χ1n) is 6.58. The second-order valence-corrected chi connectivity index (χ2v) is 6.01. The number of nitrogens with two attached hydrogens (primary N) is 1. The van der Waals surface area contributed by atoms with Gasteiger partial charge >= 0.3 is 5.97 Å². The molecular weight excluding hydrogens is 296 g/mol. The number of carbonyl (C=O) groups is 1. The topological polar surface area (TPSA) is 119 Å². The summed E-state index contributed by atoms with van der Waals surface area (Å²) < 4.78 is 27.8. The van der Waals surface area contributed by atoms with Crippen LogP contribution in [0.3, 0.4) is 0 Å². The molecule has 0 aromatic heterocycles. The quantitative estimate of drug-likeness (QED) is 0.590. The Hall–Kier alpha value is -1.64. The van der Waals surface area contributed by atoms with Crippen LogP contribution in [-0.2, 0) is 14.8 Å². The predicted molar refractivity (Wildman–Crippen MR) is 79.0 cm³/mol. The lowest BCUT2D eigenvalue weighted by molar-refractivity contribution is 0.0697. The number of anilines is 1. The maximum absolute atomic E-state index is 11.2. The Kier molecular flexibility index (Phi) is 6.60. The Morgan fingerprint density at radius 1 is 1.38 bits per heavy atom. The number of carboxylic acid groups (broad SMARTS) is 1. The van der Waals surface area contributed by atoms with E-state index in [1.54, 1.807) is 0 Å². The van der Waals surface area contributed by atoms with Crippen LogP contribution in [0.5, 0.6) is 0 Å². The van der Waals surface area contributed by atoms with Gasteiger partial charge in [-0.25, -0.2) is 18.4 Å². The second-order valence-electron chi connectivity index (χ2n) is 4.45. The summed E-state index contributed by atoms with van der Waals surface area (Å²) in [5, 5.41) is 17.0. The van der Waals surface area contributed by atoms with E-state index in [-0.39, 0.29) is 10.5 Å². The molecule has 21 heavy (non-hydrogen) atoms. The van der Waals surface area contributed by atoms with Gasteiger partial charge in [-0.05, 0) is 24.6 Å². The minimum Gasteiger partial charge on any atom is -0.478 e. The highest BCUT2D eigenvalue weighted by molar-refractivity contribution is 7.89. The molecule has 0 saturated carbocycles. The van der Waals surface area contributed by atoms with Crippen LogP contribution in [0.4, 0.5) is 5.69 Å². The standard InChI is InChI=1S/C13H20N2O5S/c1-2-3-7-20-8-6-15-12-5-4-10(21(14,18)19)9-11(12)13(16)17/h4-5,9,15H,2-3,6-8H2,1H3,(H,16,17)(H2,14,18,19). The number of primary sulfonamides is 1. The van der Waals surface area contributed by atoms with E-state index in [0.717, 1.165) is 18.9 Å². The highest BCUT2D eigenvalue weighted by Crippen LogP contribution is 2.19. The summed E-state index contributed by atoms with van der Waals surface area (Å²) in [4.78, 5) is 10.9. The van der Waals surface area contributed by atoms with E-state index >= 15 is 0 Å². The highest BCUT2D eigenvalue weighted by atomic mass is 32.2. The Labute approximate surface area is 124 Å². The molecule has 1 aromatic carbocycles. The fourth-order valence-electron chi connectivity index (χ4n) is 1.64. The van der Waals surface area contributed by atoms with E-state index in [1.807, 2.05) is 0 Å². The zero-order valence-corrected chi connectivity index (χ0v) is 12.6. The number of carboxylic acids is 1. The van der Waals surface area contributed by atoms with Crippen molar-refractivity contribution in [2.75, 3.05) is 25.1 Å². The first-order valence-corrected chi connectivity index (χ1v) is 8.12. The smallest absolute Gasteiger partial charge is 0.337 e. The van der Waals surface area contributed by atoms with Crippen molar-refractivity contribution in [1.29, 1.82) is 0 Å². The zero-order chi connectivity index (χ0) is 15.9. The van der Waals surface area contributed by atoms with Crippen LogP contribution in [0.15, 0.2) is 23.1 Å². The molecule has 0 bridgehead atoms. The van der Waals surface area contributed by atoms with Gasteiger partial charge in [-0.2, -0.15) is 0 Å². The number of nitrogens with one attached hydrogen (secondary N) is 1. The molecule has 1 aromatic rings. The molecule has 0 aliphatic rings. The van der Waals surface area contributed by atoms with E-state index in [2.05, 4.69) is 12.2 Å². The normalized spacial score (nSPS) is 11.3. The van der Waals surface area contributed by atoms with Gasteiger partial charge in [-0.1, -0.05) is 13.3 Å². The summed E-state index contributed by atoms with van der Waals surface area (Å²) in [7, 11) is -3.93. The van der Waals surface area contributed by atoms with Crippen LogP contribution in [0.2, 0.25) is 0 Å². The molecule has 0 spiro atoms. The number of aromatic carboxylic acids is 1. The van der Waals surface area contributed by atoms with E-state index in [0.29, 0.717) is 25.4 Å². The summed E-state index contributed by atoms with van der Waals surface area (Å²) in [6.07, 6.45) is 2.02. The van der Waals surface area contributed by atoms with Crippen molar-refractivity contribution < 1.29 is 23.1 Å². The number of unbranched alkanes of at least 4 members (excludes halogenated alkanes) is 1. The van der Waals surface area contributed by atoms with Gasteiger partial charge in [-0.15, -0.1) is 0 Å². The van der Waals surface area contributed by atoms with E-state index in [9.17, 15) is 13.2 Å². The van der Waals surface area contributed by atoms with E-state index in [4.69, 9.17) is 15.0 Å². The summed E-state index contributed by atoms with van der Waals surface area (Å²) >= 11 is 0. The van der Waals surface area contributed by atoms with Crippen LogP contribution in [0.1, 0.15) is 30.1 Å². The molecule has 118 valence electrons. The molecule has 0 aliphatic carbocycles. The van der Waals surface area contributed by atoms with Crippen molar-refractivity contribution in [3.63, 3.8) is 0 Å². The second kappa shape index (κ2) is 7.96. The number of hydrogen-bond donors (Lipinski definition) is 3. The van der Waals surface area contributed by atoms with Crippen LogP contribution in [0.25, 0.3) is 0 Å². The molecule has 8 heteroatoms. The van der Waals surface area contributed by atoms with Gasteiger partial charge in [0.1, 0.15) is 0 Å². The maximum atomic E-state index is 11.2. The predicted octanol–water partition coefficient (Wildman–Crippen LogP) is 1.26. The summed E-state index contributed by atoms with van der Waals surface area (Å²) in [6.45, 7) is 3.59. The third kappa shape index (κ3) is 5.70. The molecule has 0 heterocycles. The fourth-order valence-corrected chi connectivity index (χ4v) is 2.18. The Morgan fingerprint density at radius 2 is 2.10 bits per heavy atom. The minimum atomic E-state index is -3.93. The third-order valence-corrected chi connectivity index (χ3v) is 3.67. The van der Waals surface area contributed by atoms with Crippen molar-refractivity contribution >= 4 is 21.7 Å². The van der Waals surface area contributed by atoms with Crippen molar-refractivity contribution in [1.82, 2.24) is 0 Å². The van der Waals surface area contributed by atoms with Crippen LogP contribution in [0, 0.1) is 0 Å². The van der Waals surface area contributed by atoms with Crippen molar-refractivity contribution in [3.8, 4) is 0 Å². The molecule has 0 saturated heterocycles. The number of sulfonamides is 1. The Bertz CT molecular complexity index is 586. The monoisotopic (exact) mass is 316 g/mol. The average Bonchev–Trinajstić information content (AvgIpc) is 2.41. The molecule has 0 amide bonds. The maximum Gasteiger partial charge on any atom is 0.337 e. The minimum absolute atomic E-state index is 0.143. The molecule has 0 unspecified atom stereocenters. The molecular formula is C13H20N2O5S. The van der Waals surface area contributed by atoms with Crippen molar-refractivity contribution in [2.45, 2.75) is 24.7 Å². The van der Waals surface area contributed by atoms with Gasteiger partial charge in [0.2, 0.25) is 10.0 Å². The zero-order valence-electron chi connectivity index (χ0n) is 11.8. The average molecular weight is 316 g/mol. The van der Waals surface area contributed by atoms with Crippen LogP contribution < -0.4 is 10.5 Å². The Morgan fingerprint density at radius 3 is 2.67 bits per heavy atom.